The molecule has 6 heteroatoms. The van der Waals surface area contributed by atoms with E-state index in [4.69, 9.17) is 0 Å². The number of hydrogen-bond acceptors (Lipinski definition) is 4. The van der Waals surface area contributed by atoms with Gasteiger partial charge in [0, 0.05) is 37.2 Å². The minimum absolute atomic E-state index is 0.0370. The smallest absolute Gasteiger partial charge is 0.242 e. The summed E-state index contributed by atoms with van der Waals surface area (Å²) >= 11 is 0. The molecule has 1 aliphatic rings. The molecule has 1 amide bonds. The third-order valence-electron chi connectivity index (χ3n) is 4.98. The zero-order valence-electron chi connectivity index (χ0n) is 15.1. The standard InChI is InChI=1S/C21H19N5O/c1-15-19(11-22)18-7-9-25(13-17(18)12-24-15)20(27)14-26-10-8-23-21(26)16-5-3-2-4-6-16/h2-6,8,10,12H,7,9,13-14H2,1H3. The number of carbonyl (C=O) groups is 1. The molecule has 1 aromatic carbocycles. The largest absolute Gasteiger partial charge is 0.336 e. The first kappa shape index (κ1) is 17.0. The van der Waals surface area contributed by atoms with E-state index in [9.17, 15) is 10.1 Å². The molecule has 0 atom stereocenters. The van der Waals surface area contributed by atoms with Crippen molar-refractivity contribution in [3.63, 3.8) is 0 Å². The predicted octanol–water partition coefficient (Wildman–Crippen LogP) is 2.71. The molecule has 1 aliphatic heterocycles. The second kappa shape index (κ2) is 7.04. The van der Waals surface area contributed by atoms with Crippen LogP contribution in [0.1, 0.15) is 22.4 Å². The lowest BCUT2D eigenvalue weighted by molar-refractivity contribution is -0.132. The molecule has 0 radical (unpaired) electrons. The summed E-state index contributed by atoms with van der Waals surface area (Å²) in [6.45, 7) is 3.19. The van der Waals surface area contributed by atoms with Crippen LogP contribution in [-0.4, -0.2) is 31.9 Å². The molecule has 6 nitrogen and oxygen atoms in total. The number of fused-ring (bicyclic) bond motifs is 1. The number of aryl methyl sites for hydroxylation is 1. The van der Waals surface area contributed by atoms with Crippen molar-refractivity contribution in [3.05, 3.63) is 71.3 Å². The monoisotopic (exact) mass is 357 g/mol. The number of nitrogens with zero attached hydrogens (tertiary/aromatic N) is 5. The molecule has 2 aromatic heterocycles. The highest BCUT2D eigenvalue weighted by atomic mass is 16.2. The van der Waals surface area contributed by atoms with Gasteiger partial charge in [-0.15, -0.1) is 0 Å². The molecule has 0 saturated carbocycles. The van der Waals surface area contributed by atoms with Gasteiger partial charge >= 0.3 is 0 Å². The maximum absolute atomic E-state index is 12.9. The third kappa shape index (κ3) is 3.20. The molecule has 134 valence electrons. The number of rotatable bonds is 3. The Morgan fingerprint density at radius 2 is 2.07 bits per heavy atom. The highest BCUT2D eigenvalue weighted by molar-refractivity contribution is 5.77. The van der Waals surface area contributed by atoms with Crippen molar-refractivity contribution in [1.82, 2.24) is 19.4 Å². The Morgan fingerprint density at radius 3 is 2.85 bits per heavy atom. The highest BCUT2D eigenvalue weighted by Gasteiger charge is 2.24. The van der Waals surface area contributed by atoms with Gasteiger partial charge in [-0.3, -0.25) is 9.78 Å². The van der Waals surface area contributed by atoms with Crippen LogP contribution in [-0.2, 0) is 24.3 Å². The molecule has 0 N–H and O–H groups in total. The fourth-order valence-electron chi connectivity index (χ4n) is 3.54. The van der Waals surface area contributed by atoms with Gasteiger partial charge in [-0.25, -0.2) is 4.98 Å². The Bertz CT molecular complexity index is 1030. The molecule has 0 aliphatic carbocycles. The number of amides is 1. The molecule has 27 heavy (non-hydrogen) atoms. The Kier molecular flexibility index (Phi) is 4.43. The van der Waals surface area contributed by atoms with E-state index >= 15 is 0 Å². The molecular weight excluding hydrogens is 338 g/mol. The van der Waals surface area contributed by atoms with Gasteiger partial charge in [0.15, 0.2) is 0 Å². The third-order valence-corrected chi connectivity index (χ3v) is 4.98. The number of imidazole rings is 1. The average Bonchev–Trinajstić information content (AvgIpc) is 3.16. The zero-order valence-corrected chi connectivity index (χ0v) is 15.1. The summed E-state index contributed by atoms with van der Waals surface area (Å²) in [6.07, 6.45) is 6.02. The summed E-state index contributed by atoms with van der Waals surface area (Å²) in [5.74, 6) is 0.820. The zero-order chi connectivity index (χ0) is 18.8. The first-order chi connectivity index (χ1) is 13.2. The van der Waals surface area contributed by atoms with Crippen LogP contribution in [0.5, 0.6) is 0 Å². The molecular formula is C21H19N5O. The van der Waals surface area contributed by atoms with E-state index in [1.165, 1.54) is 0 Å². The van der Waals surface area contributed by atoms with Crippen molar-refractivity contribution in [2.75, 3.05) is 6.54 Å². The van der Waals surface area contributed by atoms with Gasteiger partial charge in [-0.05, 0) is 24.5 Å². The van der Waals surface area contributed by atoms with Crippen molar-refractivity contribution >= 4 is 5.91 Å². The van der Waals surface area contributed by atoms with Crippen molar-refractivity contribution in [3.8, 4) is 17.5 Å². The van der Waals surface area contributed by atoms with Crippen LogP contribution in [0.25, 0.3) is 11.4 Å². The van der Waals surface area contributed by atoms with Crippen molar-refractivity contribution in [2.24, 2.45) is 0 Å². The molecule has 0 saturated heterocycles. The van der Waals surface area contributed by atoms with E-state index in [1.54, 1.807) is 12.4 Å². The van der Waals surface area contributed by atoms with Gasteiger partial charge in [0.05, 0.1) is 11.3 Å². The van der Waals surface area contributed by atoms with E-state index in [-0.39, 0.29) is 12.5 Å². The minimum Gasteiger partial charge on any atom is -0.336 e. The van der Waals surface area contributed by atoms with Crippen molar-refractivity contribution < 1.29 is 4.79 Å². The second-order valence-corrected chi connectivity index (χ2v) is 6.64. The number of aromatic nitrogens is 3. The Morgan fingerprint density at radius 1 is 1.26 bits per heavy atom. The number of carbonyl (C=O) groups excluding carboxylic acids is 1. The van der Waals surface area contributed by atoms with Gasteiger partial charge in [0.25, 0.3) is 0 Å². The maximum atomic E-state index is 12.9. The summed E-state index contributed by atoms with van der Waals surface area (Å²) in [5.41, 5.74) is 4.38. The van der Waals surface area contributed by atoms with E-state index in [1.807, 2.05) is 52.9 Å². The van der Waals surface area contributed by atoms with E-state index in [2.05, 4.69) is 16.0 Å². The molecule has 0 bridgehead atoms. The first-order valence-electron chi connectivity index (χ1n) is 8.89. The Hall–Kier alpha value is -3.46. The first-order valence-corrected chi connectivity index (χ1v) is 8.89. The van der Waals surface area contributed by atoms with Gasteiger partial charge < -0.3 is 9.47 Å². The lowest BCUT2D eigenvalue weighted by Gasteiger charge is -2.29. The molecule has 4 rings (SSSR count). The molecule has 3 heterocycles. The number of benzene rings is 1. The number of hydrogen-bond donors (Lipinski definition) is 0. The fourth-order valence-corrected chi connectivity index (χ4v) is 3.54. The normalized spacial score (nSPS) is 13.1. The van der Waals surface area contributed by atoms with Crippen LogP contribution in [0.15, 0.2) is 48.9 Å². The van der Waals surface area contributed by atoms with Crippen molar-refractivity contribution in [2.45, 2.75) is 26.4 Å². The summed E-state index contributed by atoms with van der Waals surface area (Å²) < 4.78 is 1.88. The Balaban J connectivity index is 1.53. The van der Waals surface area contributed by atoms with Crippen molar-refractivity contribution in [1.29, 1.82) is 5.26 Å². The second-order valence-electron chi connectivity index (χ2n) is 6.64. The summed E-state index contributed by atoms with van der Waals surface area (Å²) in [5, 5.41) is 9.38. The Labute approximate surface area is 157 Å². The quantitative estimate of drug-likeness (QED) is 0.722. The lowest BCUT2D eigenvalue weighted by atomic mass is 9.95. The lowest BCUT2D eigenvalue weighted by Crippen LogP contribution is -2.38. The maximum Gasteiger partial charge on any atom is 0.242 e. The van der Waals surface area contributed by atoms with Gasteiger partial charge in [-0.2, -0.15) is 5.26 Å². The number of nitriles is 1. The SMILES string of the molecule is Cc1ncc2c(c1C#N)CCN(C(=O)Cn1ccnc1-c1ccccc1)C2. The van der Waals surface area contributed by atoms with E-state index in [0.29, 0.717) is 25.1 Å². The topological polar surface area (TPSA) is 74.8 Å². The molecule has 3 aromatic rings. The van der Waals surface area contributed by atoms with Crippen LogP contribution < -0.4 is 0 Å². The van der Waals surface area contributed by atoms with Crippen LogP contribution in [0, 0.1) is 18.3 Å². The van der Waals surface area contributed by atoms with E-state index in [0.717, 1.165) is 28.2 Å². The van der Waals surface area contributed by atoms with Crippen LogP contribution in [0.2, 0.25) is 0 Å². The van der Waals surface area contributed by atoms with Crippen LogP contribution in [0.3, 0.4) is 0 Å². The van der Waals surface area contributed by atoms with Gasteiger partial charge in [0.2, 0.25) is 5.91 Å². The van der Waals surface area contributed by atoms with Crippen LogP contribution >= 0.6 is 0 Å². The van der Waals surface area contributed by atoms with Gasteiger partial charge in [0.1, 0.15) is 18.4 Å². The average molecular weight is 357 g/mol. The van der Waals surface area contributed by atoms with E-state index < -0.39 is 0 Å². The van der Waals surface area contributed by atoms with Crippen LogP contribution in [0.4, 0.5) is 0 Å². The number of pyridine rings is 1. The molecule has 0 fully saturated rings. The predicted molar refractivity (Wildman–Crippen MR) is 100 cm³/mol. The summed E-state index contributed by atoms with van der Waals surface area (Å²) in [6, 6.07) is 12.1. The molecule has 0 unspecified atom stereocenters. The highest BCUT2D eigenvalue weighted by Crippen LogP contribution is 2.24. The minimum atomic E-state index is 0.0370. The summed E-state index contributed by atoms with van der Waals surface area (Å²) in [7, 11) is 0. The fraction of sp³-hybridized carbons (Fsp3) is 0.238. The van der Waals surface area contributed by atoms with Gasteiger partial charge in [-0.1, -0.05) is 30.3 Å². The summed E-state index contributed by atoms with van der Waals surface area (Å²) in [4.78, 5) is 23.4. The molecule has 0 spiro atoms.